The van der Waals surface area contributed by atoms with Gasteiger partial charge >= 0.3 is 0 Å². The predicted molar refractivity (Wildman–Crippen MR) is 84.8 cm³/mol. The first-order valence-electron chi connectivity index (χ1n) is 7.55. The van der Waals surface area contributed by atoms with Crippen LogP contribution in [0.3, 0.4) is 0 Å². The Morgan fingerprint density at radius 1 is 1.15 bits per heavy atom. The normalized spacial score (nSPS) is 18.1. The SMILES string of the molecule is CCC(CN1CCN(c2ccc(OC)cc2)CC1)NC. The van der Waals surface area contributed by atoms with E-state index >= 15 is 0 Å². The lowest BCUT2D eigenvalue weighted by Crippen LogP contribution is -2.50. The molecule has 1 fully saturated rings. The van der Waals surface area contributed by atoms with Crippen LogP contribution in [0.1, 0.15) is 13.3 Å². The van der Waals surface area contributed by atoms with Gasteiger partial charge in [-0.05, 0) is 37.7 Å². The fraction of sp³-hybridized carbons (Fsp3) is 0.625. The minimum Gasteiger partial charge on any atom is -0.497 e. The molecule has 1 aromatic rings. The van der Waals surface area contributed by atoms with Gasteiger partial charge in [-0.3, -0.25) is 4.90 Å². The molecule has 2 rings (SSSR count). The second-order valence-corrected chi connectivity index (χ2v) is 5.38. The van der Waals surface area contributed by atoms with Crippen molar-refractivity contribution in [1.29, 1.82) is 0 Å². The molecule has 1 aromatic carbocycles. The van der Waals surface area contributed by atoms with E-state index in [4.69, 9.17) is 4.74 Å². The molecule has 0 bridgehead atoms. The van der Waals surface area contributed by atoms with Crippen LogP contribution in [0, 0.1) is 0 Å². The van der Waals surface area contributed by atoms with Crippen molar-refractivity contribution in [2.45, 2.75) is 19.4 Å². The Kier molecular flexibility index (Phi) is 5.68. The third kappa shape index (κ3) is 3.87. The first kappa shape index (κ1) is 15.1. The highest BCUT2D eigenvalue weighted by Gasteiger charge is 2.19. The van der Waals surface area contributed by atoms with E-state index in [1.807, 2.05) is 12.1 Å². The first-order valence-corrected chi connectivity index (χ1v) is 7.55. The van der Waals surface area contributed by atoms with Crippen molar-refractivity contribution >= 4 is 5.69 Å². The minimum atomic E-state index is 0.613. The predicted octanol–water partition coefficient (Wildman–Crippen LogP) is 1.82. The topological polar surface area (TPSA) is 27.7 Å². The van der Waals surface area contributed by atoms with Crippen molar-refractivity contribution in [2.24, 2.45) is 0 Å². The number of hydrogen-bond donors (Lipinski definition) is 1. The Morgan fingerprint density at radius 3 is 2.30 bits per heavy atom. The average molecular weight is 277 g/mol. The van der Waals surface area contributed by atoms with Gasteiger partial charge in [0, 0.05) is 44.5 Å². The molecule has 1 atom stereocenters. The number of benzene rings is 1. The summed E-state index contributed by atoms with van der Waals surface area (Å²) in [5.41, 5.74) is 1.30. The highest BCUT2D eigenvalue weighted by molar-refractivity contribution is 5.49. The number of nitrogens with one attached hydrogen (secondary N) is 1. The van der Waals surface area contributed by atoms with Crippen molar-refractivity contribution in [2.75, 3.05) is 51.8 Å². The van der Waals surface area contributed by atoms with Crippen molar-refractivity contribution in [1.82, 2.24) is 10.2 Å². The molecule has 20 heavy (non-hydrogen) atoms. The quantitative estimate of drug-likeness (QED) is 0.858. The summed E-state index contributed by atoms with van der Waals surface area (Å²) < 4.78 is 5.21. The van der Waals surface area contributed by atoms with Crippen LogP contribution in [0.15, 0.2) is 24.3 Å². The maximum Gasteiger partial charge on any atom is 0.119 e. The van der Waals surface area contributed by atoms with Gasteiger partial charge in [0.25, 0.3) is 0 Å². The van der Waals surface area contributed by atoms with Gasteiger partial charge in [-0.15, -0.1) is 0 Å². The molecule has 1 saturated heterocycles. The van der Waals surface area contributed by atoms with Gasteiger partial charge in [-0.25, -0.2) is 0 Å². The molecule has 112 valence electrons. The number of nitrogens with zero attached hydrogens (tertiary/aromatic N) is 2. The largest absolute Gasteiger partial charge is 0.497 e. The highest BCUT2D eigenvalue weighted by atomic mass is 16.5. The molecule has 0 aliphatic carbocycles. The molecule has 1 aliphatic rings. The molecular formula is C16H27N3O. The van der Waals surface area contributed by atoms with Crippen LogP contribution in [-0.2, 0) is 0 Å². The van der Waals surface area contributed by atoms with Crippen LogP contribution in [0.25, 0.3) is 0 Å². The monoisotopic (exact) mass is 277 g/mol. The van der Waals surface area contributed by atoms with E-state index in [9.17, 15) is 0 Å². The average Bonchev–Trinajstić information content (AvgIpc) is 2.53. The minimum absolute atomic E-state index is 0.613. The molecule has 4 heteroatoms. The van der Waals surface area contributed by atoms with E-state index in [-0.39, 0.29) is 0 Å². The summed E-state index contributed by atoms with van der Waals surface area (Å²) in [6.07, 6.45) is 1.19. The van der Waals surface area contributed by atoms with Gasteiger partial charge in [0.2, 0.25) is 0 Å². The molecular weight excluding hydrogens is 250 g/mol. The van der Waals surface area contributed by atoms with Gasteiger partial charge in [0.05, 0.1) is 7.11 Å². The molecule has 4 nitrogen and oxygen atoms in total. The van der Waals surface area contributed by atoms with Crippen molar-refractivity contribution < 1.29 is 4.74 Å². The Labute approximate surface area is 122 Å². The Hall–Kier alpha value is -1.26. The fourth-order valence-corrected chi connectivity index (χ4v) is 2.72. The van der Waals surface area contributed by atoms with Gasteiger partial charge < -0.3 is 15.0 Å². The fourth-order valence-electron chi connectivity index (χ4n) is 2.72. The van der Waals surface area contributed by atoms with Gasteiger partial charge in [0.15, 0.2) is 0 Å². The first-order chi connectivity index (χ1) is 9.76. The summed E-state index contributed by atoms with van der Waals surface area (Å²) in [5.74, 6) is 0.923. The second kappa shape index (κ2) is 7.50. The molecule has 1 unspecified atom stereocenters. The Balaban J connectivity index is 1.84. The number of anilines is 1. The number of likely N-dealkylation sites (N-methyl/N-ethyl adjacent to an activating group) is 1. The molecule has 0 radical (unpaired) electrons. The lowest BCUT2D eigenvalue weighted by Gasteiger charge is -2.37. The lowest BCUT2D eigenvalue weighted by molar-refractivity contribution is 0.230. The van der Waals surface area contributed by atoms with Crippen molar-refractivity contribution in [3.05, 3.63) is 24.3 Å². The van der Waals surface area contributed by atoms with E-state index in [0.717, 1.165) is 38.5 Å². The standard InChI is InChI=1S/C16H27N3O/c1-4-14(17-2)13-18-9-11-19(12-10-18)15-5-7-16(20-3)8-6-15/h5-8,14,17H,4,9-13H2,1-3H3. The zero-order valence-corrected chi connectivity index (χ0v) is 12.9. The van der Waals surface area contributed by atoms with Gasteiger partial charge in [-0.1, -0.05) is 6.92 Å². The van der Waals surface area contributed by atoms with Crippen LogP contribution in [-0.4, -0.2) is 57.8 Å². The molecule has 1 aliphatic heterocycles. The smallest absolute Gasteiger partial charge is 0.119 e. The maximum absolute atomic E-state index is 5.21. The summed E-state index contributed by atoms with van der Waals surface area (Å²) >= 11 is 0. The van der Waals surface area contributed by atoms with E-state index in [0.29, 0.717) is 6.04 Å². The van der Waals surface area contributed by atoms with Crippen LogP contribution in [0.4, 0.5) is 5.69 Å². The molecule has 0 spiro atoms. The lowest BCUT2D eigenvalue weighted by atomic mass is 10.2. The Morgan fingerprint density at radius 2 is 1.80 bits per heavy atom. The maximum atomic E-state index is 5.21. The third-order valence-corrected chi connectivity index (χ3v) is 4.19. The zero-order chi connectivity index (χ0) is 14.4. The number of ether oxygens (including phenoxy) is 1. The third-order valence-electron chi connectivity index (χ3n) is 4.19. The number of piperazine rings is 1. The van der Waals surface area contributed by atoms with Crippen LogP contribution in [0.5, 0.6) is 5.75 Å². The number of methoxy groups -OCH3 is 1. The van der Waals surface area contributed by atoms with E-state index < -0.39 is 0 Å². The molecule has 1 N–H and O–H groups in total. The summed E-state index contributed by atoms with van der Waals surface area (Å²) in [7, 11) is 3.77. The number of rotatable bonds is 6. The molecule has 0 aromatic heterocycles. The summed E-state index contributed by atoms with van der Waals surface area (Å²) in [6, 6.07) is 8.99. The van der Waals surface area contributed by atoms with Gasteiger partial charge in [-0.2, -0.15) is 0 Å². The summed E-state index contributed by atoms with van der Waals surface area (Å²) in [5, 5.41) is 3.39. The molecule has 1 heterocycles. The van der Waals surface area contributed by atoms with Gasteiger partial charge in [0.1, 0.15) is 5.75 Å². The van der Waals surface area contributed by atoms with Crippen LogP contribution < -0.4 is 15.0 Å². The highest BCUT2D eigenvalue weighted by Crippen LogP contribution is 2.20. The van der Waals surface area contributed by atoms with Crippen LogP contribution in [0.2, 0.25) is 0 Å². The zero-order valence-electron chi connectivity index (χ0n) is 12.9. The second-order valence-electron chi connectivity index (χ2n) is 5.38. The molecule has 0 amide bonds. The van der Waals surface area contributed by atoms with Crippen molar-refractivity contribution in [3.8, 4) is 5.75 Å². The summed E-state index contributed by atoms with van der Waals surface area (Å²) in [4.78, 5) is 5.01. The van der Waals surface area contributed by atoms with Crippen LogP contribution >= 0.6 is 0 Å². The van der Waals surface area contributed by atoms with E-state index in [2.05, 4.69) is 41.2 Å². The summed E-state index contributed by atoms with van der Waals surface area (Å²) in [6.45, 7) is 7.89. The Bertz CT molecular complexity index is 381. The number of hydrogen-bond acceptors (Lipinski definition) is 4. The van der Waals surface area contributed by atoms with E-state index in [1.165, 1.54) is 12.1 Å². The molecule has 0 saturated carbocycles. The van der Waals surface area contributed by atoms with Crippen molar-refractivity contribution in [3.63, 3.8) is 0 Å². The van der Waals surface area contributed by atoms with E-state index in [1.54, 1.807) is 7.11 Å².